The maximum atomic E-state index is 12.9. The molecule has 0 spiro atoms. The number of hydrogen-bond acceptors (Lipinski definition) is 2. The van der Waals surface area contributed by atoms with Crippen molar-refractivity contribution in [2.75, 3.05) is 32.7 Å². The second-order valence-corrected chi connectivity index (χ2v) is 6.26. The average molecular weight is 326 g/mol. The monoisotopic (exact) mass is 326 g/mol. The topological polar surface area (TPSA) is 23.6 Å². The van der Waals surface area contributed by atoms with Gasteiger partial charge in [-0.3, -0.25) is 9.69 Å². The summed E-state index contributed by atoms with van der Waals surface area (Å²) in [5.41, 5.74) is 2.22. The van der Waals surface area contributed by atoms with Gasteiger partial charge in [-0.05, 0) is 29.7 Å². The van der Waals surface area contributed by atoms with Crippen molar-refractivity contribution >= 4 is 5.91 Å². The highest BCUT2D eigenvalue weighted by Gasteiger charge is 2.20. The summed E-state index contributed by atoms with van der Waals surface area (Å²) in [5, 5.41) is 0. The molecule has 0 saturated carbocycles. The summed E-state index contributed by atoms with van der Waals surface area (Å²) in [5.74, 6) is -0.137. The van der Waals surface area contributed by atoms with Crippen molar-refractivity contribution in [3.8, 4) is 0 Å². The Kier molecular flexibility index (Phi) is 5.59. The molecule has 0 atom stereocenters. The normalized spacial score (nSPS) is 15.5. The summed E-state index contributed by atoms with van der Waals surface area (Å²) < 4.78 is 12.9. The van der Waals surface area contributed by atoms with Gasteiger partial charge in [0, 0.05) is 32.7 Å². The van der Waals surface area contributed by atoms with E-state index in [9.17, 15) is 9.18 Å². The van der Waals surface area contributed by atoms with E-state index in [2.05, 4.69) is 29.2 Å². The average Bonchev–Trinajstić information content (AvgIpc) is 2.63. The number of amides is 1. The van der Waals surface area contributed by atoms with Crippen LogP contribution in [-0.2, 0) is 17.6 Å². The minimum Gasteiger partial charge on any atom is -0.340 e. The third kappa shape index (κ3) is 4.65. The van der Waals surface area contributed by atoms with Crippen LogP contribution in [0.3, 0.4) is 0 Å². The summed E-state index contributed by atoms with van der Waals surface area (Å²) in [6.07, 6.45) is 1.40. The molecule has 1 aliphatic rings. The van der Waals surface area contributed by atoms with Gasteiger partial charge in [-0.25, -0.2) is 4.39 Å². The van der Waals surface area contributed by atoms with Gasteiger partial charge in [-0.15, -0.1) is 0 Å². The van der Waals surface area contributed by atoms with Gasteiger partial charge in [-0.1, -0.05) is 42.5 Å². The van der Waals surface area contributed by atoms with Crippen LogP contribution in [0.15, 0.2) is 54.6 Å². The van der Waals surface area contributed by atoms with Gasteiger partial charge in [0.05, 0.1) is 6.42 Å². The molecule has 4 heteroatoms. The molecule has 0 bridgehead atoms. The molecule has 1 amide bonds. The van der Waals surface area contributed by atoms with Crippen molar-refractivity contribution < 1.29 is 9.18 Å². The minimum absolute atomic E-state index is 0.129. The first-order valence-electron chi connectivity index (χ1n) is 8.49. The molecule has 1 saturated heterocycles. The first-order valence-corrected chi connectivity index (χ1v) is 8.49. The van der Waals surface area contributed by atoms with Crippen molar-refractivity contribution in [3.63, 3.8) is 0 Å². The first-order chi connectivity index (χ1) is 11.7. The van der Waals surface area contributed by atoms with E-state index in [-0.39, 0.29) is 11.7 Å². The van der Waals surface area contributed by atoms with Gasteiger partial charge in [0.2, 0.25) is 5.91 Å². The maximum Gasteiger partial charge on any atom is 0.227 e. The van der Waals surface area contributed by atoms with Crippen LogP contribution in [-0.4, -0.2) is 48.4 Å². The Hall–Kier alpha value is -2.20. The number of halogens is 1. The molecular formula is C20H23FN2O. The smallest absolute Gasteiger partial charge is 0.227 e. The second-order valence-electron chi connectivity index (χ2n) is 6.26. The summed E-state index contributed by atoms with van der Waals surface area (Å²) in [6, 6.07) is 16.7. The molecule has 0 unspecified atom stereocenters. The Morgan fingerprint density at radius 3 is 2.21 bits per heavy atom. The van der Waals surface area contributed by atoms with Gasteiger partial charge in [0.25, 0.3) is 0 Å². The third-order valence-electron chi connectivity index (χ3n) is 4.55. The van der Waals surface area contributed by atoms with E-state index < -0.39 is 0 Å². The molecule has 1 aliphatic heterocycles. The molecule has 0 N–H and O–H groups in total. The number of hydrogen-bond donors (Lipinski definition) is 0. The fraction of sp³-hybridized carbons (Fsp3) is 0.350. The lowest BCUT2D eigenvalue weighted by Crippen LogP contribution is -2.49. The maximum absolute atomic E-state index is 12.9. The van der Waals surface area contributed by atoms with Crippen LogP contribution in [0.5, 0.6) is 0 Å². The lowest BCUT2D eigenvalue weighted by Gasteiger charge is -2.34. The molecule has 126 valence electrons. The molecule has 2 aromatic carbocycles. The quantitative estimate of drug-likeness (QED) is 0.843. The number of carbonyl (C=O) groups excluding carboxylic acids is 1. The van der Waals surface area contributed by atoms with Crippen LogP contribution in [0.2, 0.25) is 0 Å². The molecule has 0 aromatic heterocycles. The van der Waals surface area contributed by atoms with Gasteiger partial charge < -0.3 is 4.90 Å². The highest BCUT2D eigenvalue weighted by atomic mass is 19.1. The predicted molar refractivity (Wildman–Crippen MR) is 93.3 cm³/mol. The Morgan fingerprint density at radius 1 is 0.875 bits per heavy atom. The van der Waals surface area contributed by atoms with Gasteiger partial charge in [-0.2, -0.15) is 0 Å². The minimum atomic E-state index is -0.266. The summed E-state index contributed by atoms with van der Waals surface area (Å²) in [4.78, 5) is 16.7. The standard InChI is InChI=1S/C20H23FN2O/c21-19-8-6-18(7-9-19)16-20(24)23-14-12-22(13-15-23)11-10-17-4-2-1-3-5-17/h1-9H,10-16H2. The molecule has 2 aromatic rings. The second kappa shape index (κ2) is 8.06. The number of piperazine rings is 1. The summed E-state index contributed by atoms with van der Waals surface area (Å²) in [6.45, 7) is 4.41. The van der Waals surface area contributed by atoms with Crippen LogP contribution in [0.1, 0.15) is 11.1 Å². The van der Waals surface area contributed by atoms with Gasteiger partial charge in [0.1, 0.15) is 5.82 Å². The summed E-state index contributed by atoms with van der Waals surface area (Å²) >= 11 is 0. The predicted octanol–water partition coefficient (Wildman–Crippen LogP) is 2.76. The zero-order valence-corrected chi connectivity index (χ0v) is 13.8. The Labute approximate surface area is 142 Å². The lowest BCUT2D eigenvalue weighted by molar-refractivity contribution is -0.132. The molecule has 1 heterocycles. The largest absolute Gasteiger partial charge is 0.340 e. The van der Waals surface area contributed by atoms with Crippen molar-refractivity contribution in [1.29, 1.82) is 0 Å². The van der Waals surface area contributed by atoms with Crippen molar-refractivity contribution in [2.45, 2.75) is 12.8 Å². The molecule has 3 nitrogen and oxygen atoms in total. The van der Waals surface area contributed by atoms with Crippen LogP contribution in [0.4, 0.5) is 4.39 Å². The van der Waals surface area contributed by atoms with Crippen LogP contribution < -0.4 is 0 Å². The number of carbonyl (C=O) groups is 1. The Bertz CT molecular complexity index is 649. The summed E-state index contributed by atoms with van der Waals surface area (Å²) in [7, 11) is 0. The van der Waals surface area contributed by atoms with Crippen LogP contribution >= 0.6 is 0 Å². The Morgan fingerprint density at radius 2 is 1.54 bits per heavy atom. The number of rotatable bonds is 5. The van der Waals surface area contributed by atoms with Crippen molar-refractivity contribution in [3.05, 3.63) is 71.5 Å². The zero-order valence-electron chi connectivity index (χ0n) is 13.8. The van der Waals surface area contributed by atoms with E-state index in [4.69, 9.17) is 0 Å². The van der Waals surface area contributed by atoms with E-state index in [0.717, 1.165) is 44.7 Å². The van der Waals surface area contributed by atoms with E-state index in [1.165, 1.54) is 17.7 Å². The SMILES string of the molecule is O=C(Cc1ccc(F)cc1)N1CCN(CCc2ccccc2)CC1. The van der Waals surface area contributed by atoms with Crippen molar-refractivity contribution in [1.82, 2.24) is 9.80 Å². The third-order valence-corrected chi connectivity index (χ3v) is 4.55. The van der Waals surface area contributed by atoms with E-state index in [0.29, 0.717) is 6.42 Å². The fourth-order valence-corrected chi connectivity index (χ4v) is 3.04. The molecule has 0 radical (unpaired) electrons. The molecule has 0 aliphatic carbocycles. The van der Waals surface area contributed by atoms with E-state index in [1.54, 1.807) is 12.1 Å². The molecular weight excluding hydrogens is 303 g/mol. The van der Waals surface area contributed by atoms with E-state index >= 15 is 0 Å². The van der Waals surface area contributed by atoms with Crippen LogP contribution in [0.25, 0.3) is 0 Å². The van der Waals surface area contributed by atoms with Crippen LogP contribution in [0, 0.1) is 5.82 Å². The Balaban J connectivity index is 1.42. The van der Waals surface area contributed by atoms with E-state index in [1.807, 2.05) is 11.0 Å². The van der Waals surface area contributed by atoms with Gasteiger partial charge >= 0.3 is 0 Å². The molecule has 3 rings (SSSR count). The highest BCUT2D eigenvalue weighted by Crippen LogP contribution is 2.09. The first kappa shape index (κ1) is 16.7. The number of benzene rings is 2. The number of nitrogens with zero attached hydrogens (tertiary/aromatic N) is 2. The molecule has 24 heavy (non-hydrogen) atoms. The zero-order chi connectivity index (χ0) is 16.8. The van der Waals surface area contributed by atoms with Gasteiger partial charge in [0.15, 0.2) is 0 Å². The highest BCUT2D eigenvalue weighted by molar-refractivity contribution is 5.78. The molecule has 1 fully saturated rings. The van der Waals surface area contributed by atoms with Crippen molar-refractivity contribution in [2.24, 2.45) is 0 Å². The lowest BCUT2D eigenvalue weighted by atomic mass is 10.1. The fourth-order valence-electron chi connectivity index (χ4n) is 3.04.